The number of aliphatic hydroxyl groups is 1. The van der Waals surface area contributed by atoms with Crippen LogP contribution < -0.4 is 0 Å². The Morgan fingerprint density at radius 2 is 2.14 bits per heavy atom. The fourth-order valence-corrected chi connectivity index (χ4v) is 3.65. The van der Waals surface area contributed by atoms with E-state index in [1.807, 2.05) is 29.2 Å². The second-order valence-electron chi connectivity index (χ2n) is 6.41. The lowest BCUT2D eigenvalue weighted by Crippen LogP contribution is -2.38. The van der Waals surface area contributed by atoms with E-state index in [9.17, 15) is 9.90 Å². The number of nitrogens with zero attached hydrogens (tertiary/aromatic N) is 1. The molecule has 0 radical (unpaired) electrons. The molecule has 1 saturated heterocycles. The fraction of sp³-hybridized carbons (Fsp3) is 0.588. The summed E-state index contributed by atoms with van der Waals surface area (Å²) in [5, 5.41) is 10.3. The first kappa shape index (κ1) is 14.9. The summed E-state index contributed by atoms with van der Waals surface area (Å²) in [7, 11) is 0. The molecule has 4 atom stereocenters. The zero-order valence-corrected chi connectivity index (χ0v) is 13.1. The Hall–Kier alpha value is -1.06. The van der Waals surface area contributed by atoms with Crippen LogP contribution in [0.1, 0.15) is 44.1 Å². The van der Waals surface area contributed by atoms with Gasteiger partial charge in [-0.1, -0.05) is 23.7 Å². The number of hydrogen-bond acceptors (Lipinski definition) is 2. The molecule has 4 unspecified atom stereocenters. The van der Waals surface area contributed by atoms with Crippen molar-refractivity contribution >= 4 is 17.5 Å². The van der Waals surface area contributed by atoms with Crippen LogP contribution in [0, 0.1) is 5.92 Å². The van der Waals surface area contributed by atoms with E-state index in [2.05, 4.69) is 0 Å². The van der Waals surface area contributed by atoms with Crippen LogP contribution in [0.3, 0.4) is 0 Å². The minimum atomic E-state index is -0.338. The molecule has 21 heavy (non-hydrogen) atoms. The predicted molar refractivity (Wildman–Crippen MR) is 83.3 cm³/mol. The van der Waals surface area contributed by atoms with Gasteiger partial charge in [-0.3, -0.25) is 4.79 Å². The zero-order chi connectivity index (χ0) is 15.0. The maximum atomic E-state index is 12.7. The molecule has 0 aromatic heterocycles. The Balaban J connectivity index is 1.63. The first-order valence-corrected chi connectivity index (χ1v) is 8.18. The molecular formula is C17H22ClNO2. The van der Waals surface area contributed by atoms with Crippen molar-refractivity contribution < 1.29 is 9.90 Å². The molecule has 3 nitrogen and oxygen atoms in total. The van der Waals surface area contributed by atoms with E-state index < -0.39 is 0 Å². The van der Waals surface area contributed by atoms with Gasteiger partial charge in [0.05, 0.1) is 6.10 Å². The maximum absolute atomic E-state index is 12.7. The van der Waals surface area contributed by atoms with Gasteiger partial charge in [-0.2, -0.15) is 0 Å². The van der Waals surface area contributed by atoms with E-state index in [1.54, 1.807) is 6.92 Å². The van der Waals surface area contributed by atoms with Gasteiger partial charge in [-0.05, 0) is 56.2 Å². The summed E-state index contributed by atoms with van der Waals surface area (Å²) in [6, 6.07) is 8.06. The van der Waals surface area contributed by atoms with Gasteiger partial charge in [0.1, 0.15) is 0 Å². The Labute approximate surface area is 130 Å². The van der Waals surface area contributed by atoms with Crippen molar-refractivity contribution in [2.24, 2.45) is 5.92 Å². The highest BCUT2D eigenvalue weighted by molar-refractivity contribution is 6.30. The Morgan fingerprint density at radius 1 is 1.43 bits per heavy atom. The number of carbonyl (C=O) groups is 1. The van der Waals surface area contributed by atoms with Gasteiger partial charge < -0.3 is 10.0 Å². The maximum Gasteiger partial charge on any atom is 0.226 e. The minimum absolute atomic E-state index is 0.126. The van der Waals surface area contributed by atoms with Crippen LogP contribution in [-0.4, -0.2) is 34.6 Å². The first-order valence-electron chi connectivity index (χ1n) is 7.80. The lowest BCUT2D eigenvalue weighted by molar-refractivity contribution is -0.133. The van der Waals surface area contributed by atoms with Crippen LogP contribution in [0.2, 0.25) is 5.02 Å². The molecule has 1 aromatic rings. The summed E-state index contributed by atoms with van der Waals surface area (Å²) in [6.07, 6.45) is 3.38. The van der Waals surface area contributed by atoms with E-state index in [1.165, 1.54) is 5.56 Å². The van der Waals surface area contributed by atoms with Crippen molar-refractivity contribution in [1.82, 2.24) is 4.90 Å². The van der Waals surface area contributed by atoms with Gasteiger partial charge in [0.25, 0.3) is 0 Å². The van der Waals surface area contributed by atoms with Crippen molar-refractivity contribution in [1.29, 1.82) is 0 Å². The molecule has 1 aliphatic heterocycles. The molecule has 1 N–H and O–H groups in total. The van der Waals surface area contributed by atoms with Gasteiger partial charge in [-0.15, -0.1) is 0 Å². The number of benzene rings is 1. The molecule has 2 fully saturated rings. The van der Waals surface area contributed by atoms with Crippen molar-refractivity contribution in [3.63, 3.8) is 0 Å². The molecule has 114 valence electrons. The number of aliphatic hydroxyl groups excluding tert-OH is 1. The summed E-state index contributed by atoms with van der Waals surface area (Å²) >= 11 is 5.91. The topological polar surface area (TPSA) is 40.5 Å². The second kappa shape index (κ2) is 5.98. The highest BCUT2D eigenvalue weighted by atomic mass is 35.5. The molecule has 1 aromatic carbocycles. The highest BCUT2D eigenvalue weighted by Crippen LogP contribution is 2.49. The van der Waals surface area contributed by atoms with Crippen LogP contribution in [0.4, 0.5) is 0 Å². The number of amides is 1. The lowest BCUT2D eigenvalue weighted by atomic mass is 10.1. The van der Waals surface area contributed by atoms with Gasteiger partial charge in [0, 0.05) is 23.5 Å². The van der Waals surface area contributed by atoms with E-state index in [0.29, 0.717) is 12.3 Å². The van der Waals surface area contributed by atoms with Crippen molar-refractivity contribution in [3.05, 3.63) is 34.9 Å². The lowest BCUT2D eigenvalue weighted by Gasteiger charge is -2.26. The molecule has 1 saturated carbocycles. The predicted octanol–water partition coefficient (Wildman–Crippen LogP) is 3.21. The monoisotopic (exact) mass is 307 g/mol. The van der Waals surface area contributed by atoms with Crippen LogP contribution in [0.25, 0.3) is 0 Å². The molecule has 1 heterocycles. The molecular weight excluding hydrogens is 286 g/mol. The van der Waals surface area contributed by atoms with Gasteiger partial charge in [-0.25, -0.2) is 0 Å². The SMILES string of the molecule is CC(O)CC1CCCN1C(=O)C1CC1c1ccc(Cl)cc1. The average molecular weight is 308 g/mol. The molecule has 3 rings (SSSR count). The van der Waals surface area contributed by atoms with Crippen LogP contribution >= 0.6 is 11.6 Å². The van der Waals surface area contributed by atoms with Crippen molar-refractivity contribution in [3.8, 4) is 0 Å². The average Bonchev–Trinajstić information content (AvgIpc) is 3.11. The normalized spacial score (nSPS) is 29.5. The number of rotatable bonds is 4. The third-order valence-corrected chi connectivity index (χ3v) is 4.93. The summed E-state index contributed by atoms with van der Waals surface area (Å²) in [4.78, 5) is 14.7. The Bertz CT molecular complexity index is 514. The second-order valence-corrected chi connectivity index (χ2v) is 6.85. The summed E-state index contributed by atoms with van der Waals surface area (Å²) in [6.45, 7) is 2.65. The van der Waals surface area contributed by atoms with Crippen LogP contribution in [0.15, 0.2) is 24.3 Å². The van der Waals surface area contributed by atoms with Gasteiger partial charge in [0.15, 0.2) is 0 Å². The Kier molecular flexibility index (Phi) is 4.23. The Morgan fingerprint density at radius 3 is 2.81 bits per heavy atom. The van der Waals surface area contributed by atoms with E-state index in [-0.39, 0.29) is 24.0 Å². The number of carbonyl (C=O) groups excluding carboxylic acids is 1. The molecule has 0 spiro atoms. The minimum Gasteiger partial charge on any atom is -0.393 e. The fourth-order valence-electron chi connectivity index (χ4n) is 3.52. The third kappa shape index (κ3) is 3.24. The summed E-state index contributed by atoms with van der Waals surface area (Å²) in [5.41, 5.74) is 1.21. The highest BCUT2D eigenvalue weighted by Gasteiger charge is 2.47. The number of halogens is 1. The van der Waals surface area contributed by atoms with E-state index in [0.717, 1.165) is 30.8 Å². The summed E-state index contributed by atoms with van der Waals surface area (Å²) < 4.78 is 0. The van der Waals surface area contributed by atoms with Crippen LogP contribution in [0.5, 0.6) is 0 Å². The van der Waals surface area contributed by atoms with Gasteiger partial charge >= 0.3 is 0 Å². The standard InChI is InChI=1S/C17H22ClNO2/c1-11(20)9-14-3-2-8-19(14)17(21)16-10-15(16)12-4-6-13(18)7-5-12/h4-7,11,14-16,20H,2-3,8-10H2,1H3. The van der Waals surface area contributed by atoms with E-state index in [4.69, 9.17) is 11.6 Å². The molecule has 1 aliphatic carbocycles. The largest absolute Gasteiger partial charge is 0.393 e. The number of hydrogen-bond donors (Lipinski definition) is 1. The number of likely N-dealkylation sites (tertiary alicyclic amines) is 1. The first-order chi connectivity index (χ1) is 10.1. The zero-order valence-electron chi connectivity index (χ0n) is 12.3. The smallest absolute Gasteiger partial charge is 0.226 e. The molecule has 0 bridgehead atoms. The summed E-state index contributed by atoms with van der Waals surface area (Å²) in [5.74, 6) is 0.751. The quantitative estimate of drug-likeness (QED) is 0.928. The molecule has 4 heteroatoms. The van der Waals surface area contributed by atoms with E-state index >= 15 is 0 Å². The van der Waals surface area contributed by atoms with Crippen LogP contribution in [-0.2, 0) is 4.79 Å². The molecule has 1 amide bonds. The van der Waals surface area contributed by atoms with Crippen molar-refractivity contribution in [2.45, 2.75) is 50.7 Å². The molecule has 2 aliphatic rings. The van der Waals surface area contributed by atoms with Gasteiger partial charge in [0.2, 0.25) is 5.91 Å². The third-order valence-electron chi connectivity index (χ3n) is 4.68. The van der Waals surface area contributed by atoms with Crippen molar-refractivity contribution in [2.75, 3.05) is 6.54 Å².